The van der Waals surface area contributed by atoms with Crippen molar-refractivity contribution in [2.45, 2.75) is 26.3 Å². The van der Waals surface area contributed by atoms with E-state index >= 15 is 0 Å². The molecule has 0 amide bonds. The van der Waals surface area contributed by atoms with E-state index < -0.39 is 0 Å². The molecule has 1 saturated heterocycles. The molecule has 1 aromatic carbocycles. The van der Waals surface area contributed by atoms with Gasteiger partial charge in [0.15, 0.2) is 5.78 Å². The first kappa shape index (κ1) is 10.4. The first-order valence-corrected chi connectivity index (χ1v) is 5.53. The number of hydrogen-bond acceptors (Lipinski definition) is 2. The topological polar surface area (TPSA) is 20.3 Å². The van der Waals surface area contributed by atoms with Crippen molar-refractivity contribution in [2.75, 3.05) is 13.1 Å². The molecule has 80 valence electrons. The molecule has 1 aliphatic rings. The molecule has 1 fully saturated rings. The van der Waals surface area contributed by atoms with Gasteiger partial charge in [0.25, 0.3) is 0 Å². The maximum absolute atomic E-state index is 11.1. The van der Waals surface area contributed by atoms with Gasteiger partial charge in [-0.3, -0.25) is 9.69 Å². The van der Waals surface area contributed by atoms with Crippen LogP contribution in [-0.4, -0.2) is 23.8 Å². The number of Topliss-reactive ketones (excluding diaryl/α,β-unsaturated/α-hetero) is 1. The van der Waals surface area contributed by atoms with E-state index in [1.165, 1.54) is 25.1 Å². The lowest BCUT2D eigenvalue weighted by Crippen LogP contribution is -2.38. The number of rotatable bonds is 3. The van der Waals surface area contributed by atoms with Gasteiger partial charge in [-0.15, -0.1) is 0 Å². The van der Waals surface area contributed by atoms with Crippen LogP contribution in [0.15, 0.2) is 24.3 Å². The van der Waals surface area contributed by atoms with Crippen molar-refractivity contribution in [3.05, 3.63) is 35.4 Å². The number of carbonyl (C=O) groups excluding carboxylic acids is 1. The molecule has 2 heteroatoms. The molecule has 2 rings (SSSR count). The van der Waals surface area contributed by atoms with E-state index in [0.29, 0.717) is 6.04 Å². The third kappa shape index (κ3) is 2.10. The molecule has 1 aliphatic heterocycles. The number of nitrogens with zero attached hydrogens (tertiary/aromatic N) is 1. The lowest BCUT2D eigenvalue weighted by Gasteiger charge is -2.36. The van der Waals surface area contributed by atoms with Gasteiger partial charge >= 0.3 is 0 Å². The van der Waals surface area contributed by atoms with Crippen LogP contribution in [0.2, 0.25) is 0 Å². The summed E-state index contributed by atoms with van der Waals surface area (Å²) in [5.74, 6) is 0.137. The highest BCUT2D eigenvalue weighted by Crippen LogP contribution is 2.25. The lowest BCUT2D eigenvalue weighted by atomic mass is 10.0. The van der Waals surface area contributed by atoms with E-state index in [9.17, 15) is 4.79 Å². The van der Waals surface area contributed by atoms with Gasteiger partial charge < -0.3 is 0 Å². The maximum atomic E-state index is 11.1. The Morgan fingerprint density at radius 2 is 1.87 bits per heavy atom. The smallest absolute Gasteiger partial charge is 0.159 e. The van der Waals surface area contributed by atoms with Crippen LogP contribution in [0.4, 0.5) is 0 Å². The summed E-state index contributed by atoms with van der Waals surface area (Å²) in [7, 11) is 0. The first-order valence-electron chi connectivity index (χ1n) is 5.53. The first-order chi connectivity index (χ1) is 7.18. The van der Waals surface area contributed by atoms with Gasteiger partial charge in [-0.2, -0.15) is 0 Å². The number of benzene rings is 1. The van der Waals surface area contributed by atoms with Crippen molar-refractivity contribution in [3.63, 3.8) is 0 Å². The largest absolute Gasteiger partial charge is 0.297 e. The van der Waals surface area contributed by atoms with Crippen molar-refractivity contribution in [3.8, 4) is 0 Å². The third-order valence-electron chi connectivity index (χ3n) is 3.24. The quantitative estimate of drug-likeness (QED) is 0.704. The summed E-state index contributed by atoms with van der Waals surface area (Å²) < 4.78 is 0. The molecular weight excluding hydrogens is 186 g/mol. The summed E-state index contributed by atoms with van der Waals surface area (Å²) in [6.07, 6.45) is 1.32. The number of ketones is 1. The molecule has 0 aromatic heterocycles. The van der Waals surface area contributed by atoms with Crippen LogP contribution in [0.5, 0.6) is 0 Å². The van der Waals surface area contributed by atoms with Gasteiger partial charge in [0, 0.05) is 11.6 Å². The monoisotopic (exact) mass is 203 g/mol. The zero-order chi connectivity index (χ0) is 10.8. The zero-order valence-corrected chi connectivity index (χ0v) is 9.36. The van der Waals surface area contributed by atoms with Gasteiger partial charge in [0.1, 0.15) is 0 Å². The summed E-state index contributed by atoms with van der Waals surface area (Å²) in [5.41, 5.74) is 2.11. The van der Waals surface area contributed by atoms with Crippen molar-refractivity contribution in [1.29, 1.82) is 0 Å². The van der Waals surface area contributed by atoms with Crippen LogP contribution < -0.4 is 0 Å². The molecule has 1 atom stereocenters. The van der Waals surface area contributed by atoms with Crippen LogP contribution in [0.3, 0.4) is 0 Å². The van der Waals surface area contributed by atoms with Gasteiger partial charge in [0.2, 0.25) is 0 Å². The Morgan fingerprint density at radius 1 is 1.27 bits per heavy atom. The van der Waals surface area contributed by atoms with E-state index in [4.69, 9.17) is 0 Å². The zero-order valence-electron chi connectivity index (χ0n) is 9.36. The summed E-state index contributed by atoms with van der Waals surface area (Å²) in [5, 5.41) is 0. The molecule has 15 heavy (non-hydrogen) atoms. The Morgan fingerprint density at radius 3 is 2.27 bits per heavy atom. The summed E-state index contributed by atoms with van der Waals surface area (Å²) in [6.45, 7) is 6.24. The van der Waals surface area contributed by atoms with Crippen molar-refractivity contribution in [1.82, 2.24) is 4.90 Å². The minimum absolute atomic E-state index is 0.137. The maximum Gasteiger partial charge on any atom is 0.159 e. The standard InChI is InChI=1S/C13H17NO/c1-10(14-8-3-9-14)12-4-6-13(7-5-12)11(2)15/h4-7,10H,3,8-9H2,1-2H3/t10-/m1/s1. The molecule has 0 aliphatic carbocycles. The predicted molar refractivity (Wildman–Crippen MR) is 61.1 cm³/mol. The fraction of sp³-hybridized carbons (Fsp3) is 0.462. The van der Waals surface area contributed by atoms with Crippen molar-refractivity contribution in [2.24, 2.45) is 0 Å². The van der Waals surface area contributed by atoms with Crippen LogP contribution in [0.25, 0.3) is 0 Å². The minimum Gasteiger partial charge on any atom is -0.297 e. The molecule has 2 nitrogen and oxygen atoms in total. The second kappa shape index (κ2) is 4.15. The molecule has 0 spiro atoms. The summed E-state index contributed by atoms with van der Waals surface area (Å²) in [6, 6.07) is 8.47. The van der Waals surface area contributed by atoms with E-state index in [1.54, 1.807) is 6.92 Å². The van der Waals surface area contributed by atoms with E-state index in [2.05, 4.69) is 24.0 Å². The molecular formula is C13H17NO. The fourth-order valence-corrected chi connectivity index (χ4v) is 1.94. The molecule has 0 bridgehead atoms. The van der Waals surface area contributed by atoms with Gasteiger partial charge in [-0.25, -0.2) is 0 Å². The SMILES string of the molecule is CC(=O)c1ccc([C@@H](C)N2CCC2)cc1. The Hall–Kier alpha value is -1.15. The van der Waals surface area contributed by atoms with Gasteiger partial charge in [-0.05, 0) is 38.9 Å². The normalized spacial score (nSPS) is 18.3. The lowest BCUT2D eigenvalue weighted by molar-refractivity contribution is 0.101. The molecule has 1 aromatic rings. The second-order valence-corrected chi connectivity index (χ2v) is 4.24. The Kier molecular flexibility index (Phi) is 2.87. The van der Waals surface area contributed by atoms with Crippen molar-refractivity contribution >= 4 is 5.78 Å². The molecule has 0 saturated carbocycles. The van der Waals surface area contributed by atoms with Gasteiger partial charge in [0.05, 0.1) is 0 Å². The van der Waals surface area contributed by atoms with Crippen LogP contribution >= 0.6 is 0 Å². The number of hydrogen-bond donors (Lipinski definition) is 0. The Bertz CT molecular complexity index is 351. The Labute approximate surface area is 90.9 Å². The van der Waals surface area contributed by atoms with Crippen LogP contribution in [0.1, 0.15) is 42.2 Å². The highest BCUT2D eigenvalue weighted by atomic mass is 16.1. The molecule has 0 unspecified atom stereocenters. The van der Waals surface area contributed by atoms with E-state index in [-0.39, 0.29) is 5.78 Å². The molecule has 1 heterocycles. The predicted octanol–water partition coefficient (Wildman–Crippen LogP) is 2.66. The average Bonchev–Trinajstić information content (AvgIpc) is 2.15. The summed E-state index contributed by atoms with van der Waals surface area (Å²) >= 11 is 0. The average molecular weight is 203 g/mol. The molecule has 0 radical (unpaired) electrons. The second-order valence-electron chi connectivity index (χ2n) is 4.24. The molecule has 0 N–H and O–H groups in total. The van der Waals surface area contributed by atoms with Crippen molar-refractivity contribution < 1.29 is 4.79 Å². The van der Waals surface area contributed by atoms with E-state index in [0.717, 1.165) is 5.56 Å². The number of likely N-dealkylation sites (tertiary alicyclic amines) is 1. The minimum atomic E-state index is 0.137. The number of carbonyl (C=O) groups is 1. The highest BCUT2D eigenvalue weighted by molar-refractivity contribution is 5.94. The highest BCUT2D eigenvalue weighted by Gasteiger charge is 2.21. The van der Waals surface area contributed by atoms with Crippen LogP contribution in [0, 0.1) is 0 Å². The summed E-state index contributed by atoms with van der Waals surface area (Å²) in [4.78, 5) is 13.6. The third-order valence-corrected chi connectivity index (χ3v) is 3.24. The fourth-order valence-electron chi connectivity index (χ4n) is 1.94. The van der Waals surface area contributed by atoms with Crippen LogP contribution in [-0.2, 0) is 0 Å². The Balaban J connectivity index is 2.11. The van der Waals surface area contributed by atoms with Gasteiger partial charge in [-0.1, -0.05) is 24.3 Å². The van der Waals surface area contributed by atoms with E-state index in [1.807, 2.05) is 12.1 Å².